The van der Waals surface area contributed by atoms with E-state index in [0.717, 1.165) is 36.8 Å². The Balaban J connectivity index is 1.50. The van der Waals surface area contributed by atoms with E-state index < -0.39 is 0 Å². The third-order valence-electron chi connectivity index (χ3n) is 4.29. The number of aryl methyl sites for hydroxylation is 1. The minimum absolute atomic E-state index is 0.193. The maximum absolute atomic E-state index is 13.0. The van der Waals surface area contributed by atoms with E-state index in [2.05, 4.69) is 0 Å². The molecule has 0 atom stereocenters. The second-order valence-electron chi connectivity index (χ2n) is 5.69. The lowest BCUT2D eigenvalue weighted by molar-refractivity contribution is -0.192. The summed E-state index contributed by atoms with van der Waals surface area (Å²) < 4.78 is 30.4. The van der Waals surface area contributed by atoms with E-state index in [4.69, 9.17) is 14.2 Å². The van der Waals surface area contributed by atoms with E-state index in [1.807, 2.05) is 6.92 Å². The van der Waals surface area contributed by atoms with Crippen LogP contribution < -0.4 is 0 Å². The van der Waals surface area contributed by atoms with Crippen molar-refractivity contribution in [1.29, 1.82) is 0 Å². The van der Waals surface area contributed by atoms with Gasteiger partial charge in [-0.3, -0.25) is 0 Å². The first kappa shape index (κ1) is 14.0. The monoisotopic (exact) mass is 280 g/mol. The maximum atomic E-state index is 13.0. The highest BCUT2D eigenvalue weighted by molar-refractivity contribution is 5.25. The first-order valence-corrected chi connectivity index (χ1v) is 7.31. The van der Waals surface area contributed by atoms with Crippen LogP contribution in [0.2, 0.25) is 0 Å². The van der Waals surface area contributed by atoms with Gasteiger partial charge >= 0.3 is 0 Å². The molecule has 0 aromatic heterocycles. The van der Waals surface area contributed by atoms with Gasteiger partial charge in [-0.25, -0.2) is 4.39 Å². The zero-order valence-electron chi connectivity index (χ0n) is 11.9. The largest absolute Gasteiger partial charge is 0.374 e. The van der Waals surface area contributed by atoms with Crippen molar-refractivity contribution in [3.63, 3.8) is 0 Å². The molecule has 1 aromatic carbocycles. The van der Waals surface area contributed by atoms with Gasteiger partial charge in [0.15, 0.2) is 5.79 Å². The van der Waals surface area contributed by atoms with Gasteiger partial charge in [0.05, 0.1) is 25.9 Å². The second-order valence-corrected chi connectivity index (χ2v) is 5.69. The predicted molar refractivity (Wildman–Crippen MR) is 72.8 cm³/mol. The number of rotatable bonds is 3. The molecule has 4 heteroatoms. The van der Waals surface area contributed by atoms with Crippen LogP contribution >= 0.6 is 0 Å². The Morgan fingerprint density at radius 3 is 2.60 bits per heavy atom. The quantitative estimate of drug-likeness (QED) is 0.850. The molecule has 1 saturated carbocycles. The fourth-order valence-corrected chi connectivity index (χ4v) is 3.01. The minimum atomic E-state index is -0.328. The molecule has 3 nitrogen and oxygen atoms in total. The molecule has 0 N–H and O–H groups in total. The molecule has 1 aliphatic carbocycles. The molecule has 110 valence electrons. The molecule has 1 aliphatic heterocycles. The fraction of sp³-hybridized carbons (Fsp3) is 0.625. The fourth-order valence-electron chi connectivity index (χ4n) is 3.01. The van der Waals surface area contributed by atoms with Crippen molar-refractivity contribution in [2.24, 2.45) is 0 Å². The van der Waals surface area contributed by atoms with Crippen LogP contribution in [0.25, 0.3) is 0 Å². The van der Waals surface area contributed by atoms with Crippen molar-refractivity contribution in [3.8, 4) is 0 Å². The Morgan fingerprint density at radius 1 is 1.25 bits per heavy atom. The molecule has 1 aromatic rings. The van der Waals surface area contributed by atoms with Crippen molar-refractivity contribution in [2.45, 2.75) is 51.1 Å². The van der Waals surface area contributed by atoms with Gasteiger partial charge in [-0.15, -0.1) is 0 Å². The van der Waals surface area contributed by atoms with Gasteiger partial charge in [0.1, 0.15) is 5.82 Å². The molecule has 3 rings (SSSR count). The highest BCUT2D eigenvalue weighted by atomic mass is 19.1. The summed E-state index contributed by atoms with van der Waals surface area (Å²) in [5, 5.41) is 0. The molecule has 1 saturated heterocycles. The lowest BCUT2D eigenvalue weighted by atomic mass is 9.92. The van der Waals surface area contributed by atoms with E-state index in [1.165, 1.54) is 6.07 Å². The average Bonchev–Trinajstić information content (AvgIpc) is 2.88. The minimum Gasteiger partial charge on any atom is -0.374 e. The summed E-state index contributed by atoms with van der Waals surface area (Å²) in [6.07, 6.45) is 3.97. The van der Waals surface area contributed by atoms with Crippen molar-refractivity contribution >= 4 is 0 Å². The topological polar surface area (TPSA) is 27.7 Å². The van der Waals surface area contributed by atoms with Gasteiger partial charge in [-0.05, 0) is 43.0 Å². The number of hydrogen-bond acceptors (Lipinski definition) is 3. The lowest BCUT2D eigenvalue weighted by Crippen LogP contribution is -2.37. The van der Waals surface area contributed by atoms with Gasteiger partial charge in [-0.2, -0.15) is 0 Å². The normalized spacial score (nSPS) is 22.5. The highest BCUT2D eigenvalue weighted by Crippen LogP contribution is 2.36. The van der Waals surface area contributed by atoms with Gasteiger partial charge in [0, 0.05) is 12.8 Å². The molecule has 20 heavy (non-hydrogen) atoms. The molecule has 0 radical (unpaired) electrons. The van der Waals surface area contributed by atoms with Crippen LogP contribution in [0.4, 0.5) is 4.39 Å². The smallest absolute Gasteiger partial charge is 0.168 e. The van der Waals surface area contributed by atoms with Crippen molar-refractivity contribution < 1.29 is 18.6 Å². The summed E-state index contributed by atoms with van der Waals surface area (Å²) in [5.74, 6) is -0.521. The van der Waals surface area contributed by atoms with Crippen LogP contribution in [0.3, 0.4) is 0 Å². The van der Waals surface area contributed by atoms with Crippen molar-refractivity contribution in [3.05, 3.63) is 35.1 Å². The first-order valence-electron chi connectivity index (χ1n) is 7.31. The molecule has 1 spiro atoms. The molecule has 1 heterocycles. The van der Waals surface area contributed by atoms with Gasteiger partial charge in [0.2, 0.25) is 0 Å². The summed E-state index contributed by atoms with van der Waals surface area (Å²) >= 11 is 0. The Hall–Kier alpha value is -0.970. The highest BCUT2D eigenvalue weighted by Gasteiger charge is 2.40. The van der Waals surface area contributed by atoms with Gasteiger partial charge < -0.3 is 14.2 Å². The Morgan fingerprint density at radius 2 is 1.95 bits per heavy atom. The number of benzene rings is 1. The van der Waals surface area contributed by atoms with Gasteiger partial charge in [0.25, 0.3) is 0 Å². The van der Waals surface area contributed by atoms with E-state index in [-0.39, 0.29) is 17.7 Å². The van der Waals surface area contributed by atoms with Crippen LogP contribution in [-0.2, 0) is 20.8 Å². The van der Waals surface area contributed by atoms with E-state index in [9.17, 15) is 4.39 Å². The van der Waals surface area contributed by atoms with E-state index >= 15 is 0 Å². The summed E-state index contributed by atoms with van der Waals surface area (Å²) in [6.45, 7) is 3.88. The lowest BCUT2D eigenvalue weighted by Gasteiger charge is -2.35. The van der Waals surface area contributed by atoms with Gasteiger partial charge in [-0.1, -0.05) is 6.07 Å². The van der Waals surface area contributed by atoms with Crippen LogP contribution in [0.5, 0.6) is 0 Å². The zero-order chi connectivity index (χ0) is 14.0. The average molecular weight is 280 g/mol. The van der Waals surface area contributed by atoms with Crippen molar-refractivity contribution in [1.82, 2.24) is 0 Å². The van der Waals surface area contributed by atoms with E-state index in [1.54, 1.807) is 12.1 Å². The van der Waals surface area contributed by atoms with Crippen LogP contribution in [0, 0.1) is 12.7 Å². The Bertz CT molecular complexity index is 459. The molecule has 0 bridgehead atoms. The predicted octanol–water partition coefficient (Wildman–Crippen LogP) is 3.34. The molecule has 2 aliphatic rings. The zero-order valence-corrected chi connectivity index (χ0v) is 11.9. The summed E-state index contributed by atoms with van der Waals surface area (Å²) in [5.41, 5.74) is 2.00. The number of hydrogen-bond donors (Lipinski definition) is 0. The molecule has 2 fully saturated rings. The summed E-state index contributed by atoms with van der Waals surface area (Å²) in [4.78, 5) is 0. The number of halogens is 1. The Labute approximate surface area is 119 Å². The summed E-state index contributed by atoms with van der Waals surface area (Å²) in [7, 11) is 0. The molecule has 0 amide bonds. The number of ether oxygens (including phenoxy) is 3. The van der Waals surface area contributed by atoms with Crippen LogP contribution in [0.15, 0.2) is 18.2 Å². The maximum Gasteiger partial charge on any atom is 0.168 e. The molecule has 0 unspecified atom stereocenters. The third kappa shape index (κ3) is 3.03. The first-order chi connectivity index (χ1) is 9.67. The summed E-state index contributed by atoms with van der Waals surface area (Å²) in [6, 6.07) is 4.84. The SMILES string of the molecule is Cc1cc(F)ccc1COC1CCC2(CC1)OCCO2. The molecular formula is C16H21FO3. The van der Waals surface area contributed by atoms with E-state index in [0.29, 0.717) is 19.8 Å². The second kappa shape index (κ2) is 5.80. The van der Waals surface area contributed by atoms with Crippen LogP contribution in [-0.4, -0.2) is 25.1 Å². The van der Waals surface area contributed by atoms with Crippen LogP contribution in [0.1, 0.15) is 36.8 Å². The third-order valence-corrected chi connectivity index (χ3v) is 4.29. The standard InChI is InChI=1S/C16H21FO3/c1-12-10-14(17)3-2-13(12)11-18-15-4-6-16(7-5-15)19-8-9-20-16/h2-3,10,15H,4-9,11H2,1H3. The molecular weight excluding hydrogens is 259 g/mol. The van der Waals surface area contributed by atoms with Crippen molar-refractivity contribution in [2.75, 3.05) is 13.2 Å². The Kier molecular flexibility index (Phi) is 4.06.